The number of aromatic nitrogens is 1. The fraction of sp³-hybridized carbons (Fsp3) is 0.667. The number of pyridine rings is 1. The molecule has 1 aromatic rings. The molecule has 29 heavy (non-hydrogen) atoms. The van der Waals surface area contributed by atoms with Crippen LogP contribution in [0.25, 0.3) is 0 Å². The Morgan fingerprint density at radius 1 is 1.21 bits per heavy atom. The van der Waals surface area contributed by atoms with Gasteiger partial charge in [-0.05, 0) is 50.7 Å². The first-order valence-electron chi connectivity index (χ1n) is 10.4. The maximum Gasteiger partial charge on any atom is 0.320 e. The van der Waals surface area contributed by atoms with E-state index >= 15 is 0 Å². The van der Waals surface area contributed by atoms with Gasteiger partial charge in [0.1, 0.15) is 18.4 Å². The van der Waals surface area contributed by atoms with Crippen LogP contribution in [0.2, 0.25) is 0 Å². The van der Waals surface area contributed by atoms with E-state index in [1.54, 1.807) is 16.8 Å². The fourth-order valence-electron chi connectivity index (χ4n) is 4.80. The predicted molar refractivity (Wildman–Crippen MR) is 107 cm³/mol. The van der Waals surface area contributed by atoms with Crippen LogP contribution in [0.5, 0.6) is 5.75 Å². The molecule has 158 valence electrons. The number of carbonyl (C=O) groups excluding carboxylic acids is 2. The lowest BCUT2D eigenvalue weighted by Crippen LogP contribution is -2.42. The molecule has 3 heterocycles. The van der Waals surface area contributed by atoms with E-state index in [0.717, 1.165) is 11.4 Å². The van der Waals surface area contributed by atoms with E-state index in [4.69, 9.17) is 4.74 Å². The van der Waals surface area contributed by atoms with Crippen LogP contribution >= 0.6 is 0 Å². The molecule has 0 unspecified atom stereocenters. The minimum atomic E-state index is -0.555. The molecule has 4 rings (SSSR count). The van der Waals surface area contributed by atoms with Gasteiger partial charge in [-0.3, -0.25) is 9.78 Å². The zero-order valence-corrected chi connectivity index (χ0v) is 17.4. The summed E-state index contributed by atoms with van der Waals surface area (Å²) in [5.41, 5.74) is 1.76. The zero-order chi connectivity index (χ0) is 20.7. The molecule has 3 amide bonds. The first kappa shape index (κ1) is 19.9. The van der Waals surface area contributed by atoms with E-state index in [0.29, 0.717) is 50.7 Å². The van der Waals surface area contributed by atoms with E-state index < -0.39 is 6.10 Å². The number of likely N-dealkylation sites (N-methyl/N-ethyl adjacent to an activating group) is 1. The van der Waals surface area contributed by atoms with Crippen molar-refractivity contribution in [3.05, 3.63) is 23.5 Å². The first-order valence-corrected chi connectivity index (χ1v) is 10.4. The molecule has 3 fully saturated rings. The normalized spacial score (nSPS) is 29.4. The maximum atomic E-state index is 12.7. The number of urea groups is 1. The number of nitrogens with zero attached hydrogens (tertiary/aromatic N) is 4. The van der Waals surface area contributed by atoms with Gasteiger partial charge in [0.15, 0.2) is 0 Å². The highest BCUT2D eigenvalue weighted by Gasteiger charge is 2.44. The molecule has 0 spiro atoms. The number of rotatable bonds is 4. The maximum absolute atomic E-state index is 12.7. The van der Waals surface area contributed by atoms with Gasteiger partial charge in [0, 0.05) is 38.9 Å². The van der Waals surface area contributed by atoms with Crippen LogP contribution in [-0.4, -0.2) is 88.7 Å². The first-order chi connectivity index (χ1) is 13.8. The van der Waals surface area contributed by atoms with Gasteiger partial charge >= 0.3 is 6.03 Å². The van der Waals surface area contributed by atoms with Gasteiger partial charge in [0.25, 0.3) is 0 Å². The van der Waals surface area contributed by atoms with Crippen molar-refractivity contribution in [3.63, 3.8) is 0 Å². The van der Waals surface area contributed by atoms with Crippen molar-refractivity contribution in [2.24, 2.45) is 11.8 Å². The molecule has 3 aliphatic rings. The van der Waals surface area contributed by atoms with Crippen LogP contribution in [0.3, 0.4) is 0 Å². The molecule has 8 nitrogen and oxygen atoms in total. The Labute approximate surface area is 171 Å². The summed E-state index contributed by atoms with van der Waals surface area (Å²) in [6.07, 6.45) is 0.501. The molecule has 0 bridgehead atoms. The number of aliphatic hydroxyl groups is 1. The Hall–Kier alpha value is -2.35. The monoisotopic (exact) mass is 402 g/mol. The number of carbonyl (C=O) groups is 2. The van der Waals surface area contributed by atoms with Gasteiger partial charge in [0.05, 0.1) is 11.8 Å². The lowest BCUT2D eigenvalue weighted by molar-refractivity contribution is -0.130. The molecule has 1 aromatic heterocycles. The summed E-state index contributed by atoms with van der Waals surface area (Å²) in [5, 5.41) is 10.6. The number of fused-ring (bicyclic) bond motifs is 1. The van der Waals surface area contributed by atoms with Gasteiger partial charge in [-0.25, -0.2) is 4.79 Å². The van der Waals surface area contributed by atoms with Crippen molar-refractivity contribution < 1.29 is 19.4 Å². The SMILES string of the molecule is Cc1ccc(O[C@@H]2C[C@@H]3CN(C(=O)CN4CCN(C)C4=O)C[C@@H]3C[C@H]2O)c(C)n1. The number of aliphatic hydroxyl groups excluding tert-OH is 1. The Kier molecular flexibility index (Phi) is 5.38. The average Bonchev–Trinajstić information content (AvgIpc) is 3.22. The van der Waals surface area contributed by atoms with Crippen molar-refractivity contribution in [2.75, 3.05) is 39.8 Å². The number of hydrogen-bond donors (Lipinski definition) is 1. The Balaban J connectivity index is 1.36. The van der Waals surface area contributed by atoms with Crippen LogP contribution in [0, 0.1) is 25.7 Å². The standard InChI is InChI=1S/C21H30N4O4/c1-13-4-5-18(14(2)22-13)29-19-9-16-11-25(10-15(16)8-17(19)26)20(27)12-24-7-6-23(3)21(24)28/h4-5,15-17,19,26H,6-12H2,1-3H3/t15-,16+,17+,19+/m0/s1. The summed E-state index contributed by atoms with van der Waals surface area (Å²) in [5.74, 6) is 1.29. The minimum Gasteiger partial charge on any atom is -0.486 e. The van der Waals surface area contributed by atoms with Gasteiger partial charge in [-0.15, -0.1) is 0 Å². The largest absolute Gasteiger partial charge is 0.486 e. The predicted octanol–water partition coefficient (Wildman–Crippen LogP) is 1.04. The summed E-state index contributed by atoms with van der Waals surface area (Å²) < 4.78 is 6.12. The van der Waals surface area contributed by atoms with Gasteiger partial charge in [0.2, 0.25) is 5.91 Å². The number of aryl methyl sites for hydroxylation is 2. The molecule has 8 heteroatoms. The van der Waals surface area contributed by atoms with E-state index in [1.807, 2.05) is 30.9 Å². The van der Waals surface area contributed by atoms with Crippen molar-refractivity contribution >= 4 is 11.9 Å². The molecular formula is C21H30N4O4. The van der Waals surface area contributed by atoms with Crippen LogP contribution in [0.15, 0.2) is 12.1 Å². The third-order valence-electron chi connectivity index (χ3n) is 6.52. The molecule has 0 aromatic carbocycles. The summed E-state index contributed by atoms with van der Waals surface area (Å²) in [7, 11) is 1.75. The van der Waals surface area contributed by atoms with Crippen LogP contribution in [0.1, 0.15) is 24.2 Å². The number of amides is 3. The average molecular weight is 402 g/mol. The lowest BCUT2D eigenvalue weighted by Gasteiger charge is -2.35. The summed E-state index contributed by atoms with van der Waals surface area (Å²) >= 11 is 0. The molecule has 1 aliphatic carbocycles. The Morgan fingerprint density at radius 3 is 2.59 bits per heavy atom. The van der Waals surface area contributed by atoms with E-state index in [-0.39, 0.29) is 30.5 Å². The summed E-state index contributed by atoms with van der Waals surface area (Å²) in [6.45, 7) is 6.56. The quantitative estimate of drug-likeness (QED) is 0.813. The zero-order valence-electron chi connectivity index (χ0n) is 17.4. The highest BCUT2D eigenvalue weighted by molar-refractivity contribution is 5.85. The van der Waals surface area contributed by atoms with E-state index in [1.165, 1.54) is 0 Å². The van der Waals surface area contributed by atoms with Gasteiger partial charge < -0.3 is 24.5 Å². The molecule has 2 aliphatic heterocycles. The minimum absolute atomic E-state index is 0.00594. The highest BCUT2D eigenvalue weighted by atomic mass is 16.5. The Bertz CT molecular complexity index is 801. The lowest BCUT2D eigenvalue weighted by atomic mass is 9.78. The van der Waals surface area contributed by atoms with Crippen LogP contribution < -0.4 is 4.74 Å². The van der Waals surface area contributed by atoms with Crippen molar-refractivity contribution in [1.82, 2.24) is 19.7 Å². The smallest absolute Gasteiger partial charge is 0.320 e. The molecule has 4 atom stereocenters. The van der Waals surface area contributed by atoms with Crippen LogP contribution in [-0.2, 0) is 4.79 Å². The molecule has 0 radical (unpaired) electrons. The van der Waals surface area contributed by atoms with Crippen LogP contribution in [0.4, 0.5) is 4.79 Å². The topological polar surface area (TPSA) is 86.2 Å². The van der Waals surface area contributed by atoms with Gasteiger partial charge in [-0.2, -0.15) is 0 Å². The second-order valence-corrected chi connectivity index (χ2v) is 8.68. The number of hydrogen-bond acceptors (Lipinski definition) is 5. The summed E-state index contributed by atoms with van der Waals surface area (Å²) in [4.78, 5) is 34.3. The number of likely N-dealkylation sites (tertiary alicyclic amines) is 1. The molecular weight excluding hydrogens is 372 g/mol. The second kappa shape index (κ2) is 7.82. The fourth-order valence-corrected chi connectivity index (χ4v) is 4.80. The third-order valence-corrected chi connectivity index (χ3v) is 6.52. The molecule has 1 N–H and O–H groups in total. The van der Waals surface area contributed by atoms with E-state index in [9.17, 15) is 14.7 Å². The number of ether oxygens (including phenoxy) is 1. The molecule has 2 saturated heterocycles. The Morgan fingerprint density at radius 2 is 1.93 bits per heavy atom. The second-order valence-electron chi connectivity index (χ2n) is 8.68. The third kappa shape index (κ3) is 4.03. The van der Waals surface area contributed by atoms with Crippen molar-refractivity contribution in [3.8, 4) is 5.75 Å². The van der Waals surface area contributed by atoms with E-state index in [2.05, 4.69) is 4.98 Å². The van der Waals surface area contributed by atoms with Crippen molar-refractivity contribution in [1.29, 1.82) is 0 Å². The summed E-state index contributed by atoms with van der Waals surface area (Å²) in [6, 6.07) is 3.74. The molecule has 1 saturated carbocycles. The van der Waals surface area contributed by atoms with Crippen molar-refractivity contribution in [2.45, 2.75) is 38.9 Å². The van der Waals surface area contributed by atoms with Gasteiger partial charge in [-0.1, -0.05) is 0 Å². The highest BCUT2D eigenvalue weighted by Crippen LogP contribution is 2.38.